The number of nitrogens with one attached hydrogen (secondary N) is 2. The molecular formula is C29H33N7O. The third kappa shape index (κ3) is 6.09. The number of hydrogen-bond donors (Lipinski definition) is 2. The molecule has 4 heterocycles. The molecule has 0 bridgehead atoms. The second-order valence-electron chi connectivity index (χ2n) is 9.66. The van der Waals surface area contributed by atoms with Crippen molar-refractivity contribution in [1.29, 1.82) is 0 Å². The zero-order chi connectivity index (χ0) is 25.6. The van der Waals surface area contributed by atoms with Gasteiger partial charge in [-0.25, -0.2) is 9.97 Å². The van der Waals surface area contributed by atoms with Crippen molar-refractivity contribution in [2.24, 2.45) is 5.92 Å². The maximum absolute atomic E-state index is 13.0. The molecule has 190 valence electrons. The van der Waals surface area contributed by atoms with E-state index in [0.717, 1.165) is 42.0 Å². The molecule has 0 saturated carbocycles. The number of aromatic nitrogens is 4. The van der Waals surface area contributed by atoms with Crippen LogP contribution in [-0.2, 0) is 0 Å². The Morgan fingerprint density at radius 2 is 2.05 bits per heavy atom. The van der Waals surface area contributed by atoms with Gasteiger partial charge in [0.15, 0.2) is 0 Å². The Bertz CT molecular complexity index is 1320. The Kier molecular flexibility index (Phi) is 7.65. The van der Waals surface area contributed by atoms with Gasteiger partial charge in [-0.05, 0) is 82.0 Å². The molecule has 1 unspecified atom stereocenters. The van der Waals surface area contributed by atoms with E-state index in [9.17, 15) is 4.79 Å². The van der Waals surface area contributed by atoms with Gasteiger partial charge >= 0.3 is 0 Å². The molecule has 0 spiro atoms. The van der Waals surface area contributed by atoms with E-state index >= 15 is 0 Å². The number of aryl methyl sites for hydroxylation is 1. The summed E-state index contributed by atoms with van der Waals surface area (Å²) < 4.78 is 0. The Morgan fingerprint density at radius 3 is 2.84 bits per heavy atom. The van der Waals surface area contributed by atoms with E-state index in [1.807, 2.05) is 25.1 Å². The van der Waals surface area contributed by atoms with Crippen molar-refractivity contribution in [3.05, 3.63) is 83.7 Å². The van der Waals surface area contributed by atoms with Crippen molar-refractivity contribution in [3.63, 3.8) is 0 Å². The highest BCUT2D eigenvalue weighted by molar-refractivity contribution is 5.96. The predicted molar refractivity (Wildman–Crippen MR) is 145 cm³/mol. The van der Waals surface area contributed by atoms with Crippen LogP contribution in [0.1, 0.15) is 48.7 Å². The molecule has 1 aliphatic carbocycles. The summed E-state index contributed by atoms with van der Waals surface area (Å²) in [6.45, 7) is 7.66. The Balaban J connectivity index is 1.24. The van der Waals surface area contributed by atoms with E-state index in [1.54, 1.807) is 30.9 Å². The molecule has 8 heteroatoms. The van der Waals surface area contributed by atoms with Crippen LogP contribution in [0.15, 0.2) is 72.5 Å². The standard InChI is InChI=1S/C29H33N7O/c1-3-14-36-15-11-23(19-36)21-6-8-25(9-7-21)33-28(37)24-16-27(20(2)32-18-24)35-29-31-13-10-26(34-29)22-5-4-12-30-17-22/h4-6,8,10,12-13,16-18,23H,3,7,9,11,14-15,19H2,1-2H3,(H,33,37)(H,31,34,35). The van der Waals surface area contributed by atoms with Gasteiger partial charge in [0.2, 0.25) is 5.95 Å². The van der Waals surface area contributed by atoms with Gasteiger partial charge in [-0.1, -0.05) is 18.6 Å². The zero-order valence-electron chi connectivity index (χ0n) is 21.4. The van der Waals surface area contributed by atoms with E-state index in [1.165, 1.54) is 31.5 Å². The molecule has 0 radical (unpaired) electrons. The molecule has 3 aromatic heterocycles. The Hall–Kier alpha value is -3.91. The second-order valence-corrected chi connectivity index (χ2v) is 9.66. The number of carbonyl (C=O) groups excluding carboxylic acids is 1. The van der Waals surface area contributed by atoms with Crippen molar-refractivity contribution >= 4 is 17.5 Å². The average molecular weight is 496 g/mol. The number of carbonyl (C=O) groups is 1. The van der Waals surface area contributed by atoms with Crippen LogP contribution in [-0.4, -0.2) is 50.4 Å². The van der Waals surface area contributed by atoms with Gasteiger partial charge in [0.1, 0.15) is 0 Å². The van der Waals surface area contributed by atoms with Crippen LogP contribution in [0.4, 0.5) is 11.6 Å². The Morgan fingerprint density at radius 1 is 1.14 bits per heavy atom. The summed E-state index contributed by atoms with van der Waals surface area (Å²) in [6, 6.07) is 7.45. The lowest BCUT2D eigenvalue weighted by molar-refractivity contribution is 0.0964. The summed E-state index contributed by atoms with van der Waals surface area (Å²) in [5, 5.41) is 6.30. The van der Waals surface area contributed by atoms with Gasteiger partial charge in [0, 0.05) is 42.6 Å². The lowest BCUT2D eigenvalue weighted by Crippen LogP contribution is -2.25. The minimum atomic E-state index is -0.168. The summed E-state index contributed by atoms with van der Waals surface area (Å²) >= 11 is 0. The number of nitrogens with zero attached hydrogens (tertiary/aromatic N) is 5. The Labute approximate surface area is 218 Å². The van der Waals surface area contributed by atoms with Crippen molar-refractivity contribution in [2.45, 2.75) is 39.5 Å². The van der Waals surface area contributed by atoms with Gasteiger partial charge in [0.25, 0.3) is 5.91 Å². The minimum Gasteiger partial charge on any atom is -0.326 e. The molecule has 8 nitrogen and oxygen atoms in total. The molecule has 1 aliphatic heterocycles. The van der Waals surface area contributed by atoms with Crippen LogP contribution in [0, 0.1) is 12.8 Å². The molecule has 1 saturated heterocycles. The van der Waals surface area contributed by atoms with Gasteiger partial charge in [-0.3, -0.25) is 14.8 Å². The molecule has 3 aromatic rings. The average Bonchev–Trinajstić information content (AvgIpc) is 3.40. The fraction of sp³-hybridized carbons (Fsp3) is 0.345. The number of pyridine rings is 2. The van der Waals surface area contributed by atoms with E-state index in [2.05, 4.69) is 54.5 Å². The van der Waals surface area contributed by atoms with Gasteiger partial charge < -0.3 is 15.5 Å². The largest absolute Gasteiger partial charge is 0.326 e. The van der Waals surface area contributed by atoms with Crippen molar-refractivity contribution in [2.75, 3.05) is 25.0 Å². The first-order valence-electron chi connectivity index (χ1n) is 13.0. The number of allylic oxidation sites excluding steroid dienone is 3. The van der Waals surface area contributed by atoms with Crippen LogP contribution in [0.2, 0.25) is 0 Å². The molecular weight excluding hydrogens is 462 g/mol. The number of likely N-dealkylation sites (tertiary alicyclic amines) is 1. The van der Waals surface area contributed by atoms with E-state index < -0.39 is 0 Å². The lowest BCUT2D eigenvalue weighted by Gasteiger charge is -2.21. The topological polar surface area (TPSA) is 95.9 Å². The van der Waals surface area contributed by atoms with E-state index in [0.29, 0.717) is 23.1 Å². The lowest BCUT2D eigenvalue weighted by atomic mass is 9.90. The van der Waals surface area contributed by atoms with Crippen LogP contribution in [0.25, 0.3) is 11.3 Å². The maximum atomic E-state index is 13.0. The molecule has 2 N–H and O–H groups in total. The summed E-state index contributed by atoms with van der Waals surface area (Å²) in [5.74, 6) is 0.911. The quantitative estimate of drug-likeness (QED) is 0.451. The van der Waals surface area contributed by atoms with Crippen LogP contribution in [0.3, 0.4) is 0 Å². The molecule has 2 aliphatic rings. The summed E-state index contributed by atoms with van der Waals surface area (Å²) in [5.41, 5.74) is 6.04. The third-order valence-corrected chi connectivity index (χ3v) is 7.00. The third-order valence-electron chi connectivity index (χ3n) is 7.00. The van der Waals surface area contributed by atoms with Crippen LogP contribution in [0.5, 0.6) is 0 Å². The smallest absolute Gasteiger partial charge is 0.257 e. The highest BCUT2D eigenvalue weighted by Gasteiger charge is 2.25. The van der Waals surface area contributed by atoms with E-state index in [4.69, 9.17) is 0 Å². The van der Waals surface area contributed by atoms with Crippen molar-refractivity contribution in [1.82, 2.24) is 30.2 Å². The number of anilines is 2. The second kappa shape index (κ2) is 11.4. The number of hydrogen-bond acceptors (Lipinski definition) is 7. The molecule has 0 aromatic carbocycles. The highest BCUT2D eigenvalue weighted by Crippen LogP contribution is 2.30. The SMILES string of the molecule is CCCN1CCC(C2=CC=C(NC(=O)c3cnc(C)c(Nc4nccc(-c5cccnc5)n4)c3)CC2)C1. The molecule has 1 fully saturated rings. The molecule has 1 atom stereocenters. The van der Waals surface area contributed by atoms with Gasteiger partial charge in [-0.2, -0.15) is 0 Å². The highest BCUT2D eigenvalue weighted by atomic mass is 16.1. The van der Waals surface area contributed by atoms with Gasteiger partial charge in [-0.15, -0.1) is 0 Å². The van der Waals surface area contributed by atoms with Crippen LogP contribution >= 0.6 is 0 Å². The van der Waals surface area contributed by atoms with Crippen LogP contribution < -0.4 is 10.6 Å². The van der Waals surface area contributed by atoms with Crippen molar-refractivity contribution in [3.8, 4) is 11.3 Å². The molecule has 1 amide bonds. The summed E-state index contributed by atoms with van der Waals surface area (Å²) in [4.78, 5) is 33.1. The first-order valence-corrected chi connectivity index (χ1v) is 13.0. The number of rotatable bonds is 8. The molecule has 37 heavy (non-hydrogen) atoms. The maximum Gasteiger partial charge on any atom is 0.257 e. The zero-order valence-corrected chi connectivity index (χ0v) is 21.4. The fourth-order valence-electron chi connectivity index (χ4n) is 4.97. The first kappa shape index (κ1) is 24.8. The van der Waals surface area contributed by atoms with E-state index in [-0.39, 0.29) is 5.91 Å². The fourth-order valence-corrected chi connectivity index (χ4v) is 4.97. The predicted octanol–water partition coefficient (Wildman–Crippen LogP) is 5.05. The molecule has 5 rings (SSSR count). The van der Waals surface area contributed by atoms with Gasteiger partial charge in [0.05, 0.1) is 22.6 Å². The minimum absolute atomic E-state index is 0.168. The normalized spacial score (nSPS) is 17.7. The first-order chi connectivity index (χ1) is 18.1. The summed E-state index contributed by atoms with van der Waals surface area (Å²) in [7, 11) is 0. The van der Waals surface area contributed by atoms with Crippen molar-refractivity contribution < 1.29 is 4.79 Å². The monoisotopic (exact) mass is 495 g/mol. The number of amides is 1. The summed E-state index contributed by atoms with van der Waals surface area (Å²) in [6.07, 6.45) is 15.4.